The van der Waals surface area contributed by atoms with Gasteiger partial charge in [0.05, 0.1) is 19.2 Å². The van der Waals surface area contributed by atoms with E-state index in [2.05, 4.69) is 4.74 Å². The van der Waals surface area contributed by atoms with Crippen LogP contribution in [0.25, 0.3) is 0 Å². The first-order valence-electron chi connectivity index (χ1n) is 7.62. The van der Waals surface area contributed by atoms with Crippen molar-refractivity contribution in [2.45, 2.75) is 33.4 Å². The first kappa shape index (κ1) is 18.7. The number of esters is 1. The number of nitrogens with zero attached hydrogens (tertiary/aromatic N) is 1. The normalized spacial score (nSPS) is 11.7. The Balaban J connectivity index is 2.09. The van der Waals surface area contributed by atoms with Gasteiger partial charge >= 0.3 is 12.1 Å². The number of methoxy groups -OCH3 is 1. The summed E-state index contributed by atoms with van der Waals surface area (Å²) in [5.41, 5.74) is 2.08. The molecular formula is C17H20N2O5S. The molecule has 0 aromatic carbocycles. The molecule has 0 aliphatic rings. The van der Waals surface area contributed by atoms with E-state index >= 15 is 0 Å². The molecule has 7 nitrogen and oxygen atoms in total. The molecule has 0 saturated carbocycles. The third kappa shape index (κ3) is 4.48. The number of nitrogens with one attached hydrogen (secondary N) is 1. The van der Waals surface area contributed by atoms with E-state index in [1.165, 1.54) is 11.8 Å². The summed E-state index contributed by atoms with van der Waals surface area (Å²) >= 11 is 1.64. The van der Waals surface area contributed by atoms with Gasteiger partial charge in [0.1, 0.15) is 0 Å². The predicted octanol–water partition coefficient (Wildman–Crippen LogP) is 2.64. The predicted molar refractivity (Wildman–Crippen MR) is 92.8 cm³/mol. The molecule has 1 atom stereocenters. The summed E-state index contributed by atoms with van der Waals surface area (Å²) in [6.07, 6.45) is -2.02. The van der Waals surface area contributed by atoms with Crippen molar-refractivity contribution in [3.8, 4) is 0 Å². The molecular weight excluding hydrogens is 344 g/mol. The number of ether oxygens (including phenoxy) is 2. The molecule has 2 aromatic heterocycles. The molecule has 0 radical (unpaired) electrons. The minimum atomic E-state index is -1.12. The van der Waals surface area contributed by atoms with Crippen LogP contribution < -0.4 is 5.32 Å². The zero-order valence-electron chi connectivity index (χ0n) is 14.5. The molecule has 2 rings (SSSR count). The number of alkyl carbamates (subject to hydrolysis) is 1. The first-order chi connectivity index (χ1) is 11.8. The van der Waals surface area contributed by atoms with Crippen LogP contribution in [0.3, 0.4) is 0 Å². The van der Waals surface area contributed by atoms with Crippen molar-refractivity contribution in [3.05, 3.63) is 45.4 Å². The highest BCUT2D eigenvalue weighted by Gasteiger charge is 2.24. The Morgan fingerprint density at radius 1 is 1.32 bits per heavy atom. The van der Waals surface area contributed by atoms with E-state index in [0.29, 0.717) is 12.1 Å². The molecule has 0 fully saturated rings. The second-order valence-corrected chi connectivity index (χ2v) is 6.51. The van der Waals surface area contributed by atoms with E-state index in [9.17, 15) is 14.4 Å². The lowest BCUT2D eigenvalue weighted by atomic mass is 10.2. The lowest BCUT2D eigenvalue weighted by molar-refractivity contribution is -0.128. The Hall–Kier alpha value is -2.61. The molecule has 2 heterocycles. The van der Waals surface area contributed by atoms with Crippen LogP contribution in [0.4, 0.5) is 4.79 Å². The molecule has 8 heteroatoms. The van der Waals surface area contributed by atoms with Crippen molar-refractivity contribution in [2.75, 3.05) is 7.11 Å². The highest BCUT2D eigenvalue weighted by Crippen LogP contribution is 2.20. The Labute approximate surface area is 149 Å². The summed E-state index contributed by atoms with van der Waals surface area (Å²) in [5, 5.41) is 3.97. The van der Waals surface area contributed by atoms with Gasteiger partial charge in [-0.25, -0.2) is 9.59 Å². The number of thiophene rings is 1. The average Bonchev–Trinajstić information content (AvgIpc) is 3.18. The molecule has 0 aliphatic carbocycles. The summed E-state index contributed by atoms with van der Waals surface area (Å²) in [6, 6.07) is 5.74. The van der Waals surface area contributed by atoms with Gasteiger partial charge in [-0.2, -0.15) is 0 Å². The van der Waals surface area contributed by atoms with Gasteiger partial charge in [-0.1, -0.05) is 6.07 Å². The maximum atomic E-state index is 12.4. The van der Waals surface area contributed by atoms with E-state index < -0.39 is 24.1 Å². The number of imide groups is 1. The van der Waals surface area contributed by atoms with Gasteiger partial charge in [-0.15, -0.1) is 11.3 Å². The Kier molecular flexibility index (Phi) is 5.97. The minimum absolute atomic E-state index is 0.395. The number of aryl methyl sites for hydroxylation is 1. The number of hydrogen-bond acceptors (Lipinski definition) is 6. The third-order valence-corrected chi connectivity index (χ3v) is 4.61. The van der Waals surface area contributed by atoms with Crippen molar-refractivity contribution in [2.24, 2.45) is 0 Å². The minimum Gasteiger partial charge on any atom is -0.453 e. The van der Waals surface area contributed by atoms with Crippen molar-refractivity contribution < 1.29 is 23.9 Å². The Morgan fingerprint density at radius 2 is 2.04 bits per heavy atom. The van der Waals surface area contributed by atoms with Crippen LogP contribution in [0.1, 0.15) is 33.5 Å². The maximum Gasteiger partial charge on any atom is 0.413 e. The molecule has 0 unspecified atom stereocenters. The molecule has 0 spiro atoms. The van der Waals surface area contributed by atoms with Gasteiger partial charge in [-0.3, -0.25) is 10.1 Å². The number of carbonyl (C=O) groups excluding carboxylic acids is 3. The fourth-order valence-corrected chi connectivity index (χ4v) is 3.03. The zero-order valence-corrected chi connectivity index (χ0v) is 15.3. The molecule has 134 valence electrons. The highest BCUT2D eigenvalue weighted by molar-refractivity contribution is 7.09. The van der Waals surface area contributed by atoms with E-state index in [-0.39, 0.29) is 0 Å². The van der Waals surface area contributed by atoms with Crippen LogP contribution in [0.2, 0.25) is 0 Å². The summed E-state index contributed by atoms with van der Waals surface area (Å²) in [4.78, 5) is 36.3. The fraction of sp³-hybridized carbons (Fsp3) is 0.353. The molecule has 2 aromatic rings. The second-order valence-electron chi connectivity index (χ2n) is 5.48. The molecule has 0 aliphatic heterocycles. The third-order valence-electron chi connectivity index (χ3n) is 3.75. The van der Waals surface area contributed by atoms with Crippen LogP contribution >= 0.6 is 11.3 Å². The first-order valence-corrected chi connectivity index (χ1v) is 8.50. The monoisotopic (exact) mass is 364 g/mol. The fourth-order valence-electron chi connectivity index (χ4n) is 2.34. The van der Waals surface area contributed by atoms with Crippen molar-refractivity contribution in [3.63, 3.8) is 0 Å². The van der Waals surface area contributed by atoms with E-state index in [0.717, 1.165) is 18.5 Å². The van der Waals surface area contributed by atoms with E-state index in [4.69, 9.17) is 4.74 Å². The van der Waals surface area contributed by atoms with E-state index in [1.54, 1.807) is 17.4 Å². The van der Waals surface area contributed by atoms with Crippen LogP contribution in [-0.4, -0.2) is 35.8 Å². The van der Waals surface area contributed by atoms with Gasteiger partial charge in [-0.05, 0) is 38.3 Å². The number of hydrogen-bond donors (Lipinski definition) is 1. The summed E-state index contributed by atoms with van der Waals surface area (Å²) in [6.45, 7) is 5.79. The number of rotatable bonds is 5. The number of aromatic nitrogens is 1. The lowest BCUT2D eigenvalue weighted by Crippen LogP contribution is -2.39. The van der Waals surface area contributed by atoms with Gasteiger partial charge < -0.3 is 14.0 Å². The van der Waals surface area contributed by atoms with Crippen LogP contribution in [0, 0.1) is 13.8 Å². The van der Waals surface area contributed by atoms with Crippen molar-refractivity contribution in [1.29, 1.82) is 0 Å². The average molecular weight is 364 g/mol. The summed E-state index contributed by atoms with van der Waals surface area (Å²) in [5.74, 6) is -1.36. The van der Waals surface area contributed by atoms with Gasteiger partial charge in [0, 0.05) is 16.3 Å². The number of amides is 2. The lowest BCUT2D eigenvalue weighted by Gasteiger charge is -2.12. The molecule has 25 heavy (non-hydrogen) atoms. The van der Waals surface area contributed by atoms with Crippen LogP contribution in [0.15, 0.2) is 23.6 Å². The molecule has 0 bridgehead atoms. The van der Waals surface area contributed by atoms with Crippen molar-refractivity contribution >= 4 is 29.3 Å². The standard InChI is InChI=1S/C17H20N2O5S/c1-10-8-14(11(2)19(10)9-13-6-5-7-25-13)16(21)24-12(3)15(20)18-17(22)23-4/h5-8,12H,9H2,1-4H3,(H,18,20,22)/t12-/m1/s1. The largest absolute Gasteiger partial charge is 0.453 e. The van der Waals surface area contributed by atoms with Crippen LogP contribution in [0.5, 0.6) is 0 Å². The maximum absolute atomic E-state index is 12.4. The van der Waals surface area contributed by atoms with Gasteiger partial charge in [0.15, 0.2) is 6.10 Å². The SMILES string of the molecule is COC(=O)NC(=O)[C@@H](C)OC(=O)c1cc(C)n(Cc2cccs2)c1C. The molecule has 0 saturated heterocycles. The molecule has 1 N–H and O–H groups in total. The van der Waals surface area contributed by atoms with E-state index in [1.807, 2.05) is 41.2 Å². The second kappa shape index (κ2) is 7.98. The quantitative estimate of drug-likeness (QED) is 0.824. The summed E-state index contributed by atoms with van der Waals surface area (Å²) < 4.78 is 11.5. The molecule has 2 amide bonds. The zero-order chi connectivity index (χ0) is 18.6. The summed E-state index contributed by atoms with van der Waals surface area (Å²) in [7, 11) is 1.14. The van der Waals surface area contributed by atoms with Crippen molar-refractivity contribution in [1.82, 2.24) is 9.88 Å². The topological polar surface area (TPSA) is 86.6 Å². The van der Waals surface area contributed by atoms with Gasteiger partial charge in [0.25, 0.3) is 5.91 Å². The van der Waals surface area contributed by atoms with Crippen LogP contribution in [-0.2, 0) is 20.8 Å². The Morgan fingerprint density at radius 3 is 2.64 bits per heavy atom. The highest BCUT2D eigenvalue weighted by atomic mass is 32.1. The smallest absolute Gasteiger partial charge is 0.413 e. The number of carbonyl (C=O) groups is 3. The van der Waals surface area contributed by atoms with Gasteiger partial charge in [0.2, 0.25) is 0 Å². The Bertz CT molecular complexity index is 779.